The zero-order chi connectivity index (χ0) is 13.2. The van der Waals surface area contributed by atoms with Crippen LogP contribution < -0.4 is 0 Å². The number of fused-ring (bicyclic) bond motifs is 1. The predicted octanol–water partition coefficient (Wildman–Crippen LogP) is 0.764. The fraction of sp³-hybridized carbons (Fsp3) is 0. The number of carboxylic acids is 1. The Labute approximate surface area is 110 Å². The third-order valence-corrected chi connectivity index (χ3v) is 3.21. The molecule has 0 radical (unpaired) electrons. The van der Waals surface area contributed by atoms with Gasteiger partial charge in [-0.15, -0.1) is 5.10 Å². The third-order valence-electron chi connectivity index (χ3n) is 2.27. The number of aromatic carboxylic acids is 1. The molecule has 0 atom stereocenters. The van der Waals surface area contributed by atoms with Crippen molar-refractivity contribution in [2.24, 2.45) is 0 Å². The van der Waals surface area contributed by atoms with Crippen molar-refractivity contribution in [3.05, 3.63) is 36.3 Å². The Kier molecular flexibility index (Phi) is 2.80. The third kappa shape index (κ3) is 2.22. The minimum atomic E-state index is -1.01. The highest BCUT2D eigenvalue weighted by Crippen LogP contribution is 2.24. The summed E-state index contributed by atoms with van der Waals surface area (Å²) < 4.78 is 1.53. The highest BCUT2D eigenvalue weighted by molar-refractivity contribution is 7.99. The van der Waals surface area contributed by atoms with Crippen LogP contribution in [0.3, 0.4) is 0 Å². The number of aromatic nitrogens is 6. The van der Waals surface area contributed by atoms with E-state index in [1.807, 2.05) is 0 Å². The number of nitrogens with zero attached hydrogens (tertiary/aromatic N) is 6. The fourth-order valence-electron chi connectivity index (χ4n) is 1.40. The highest BCUT2D eigenvalue weighted by Gasteiger charge is 2.08. The molecule has 3 heterocycles. The first-order valence-electron chi connectivity index (χ1n) is 5.13. The van der Waals surface area contributed by atoms with Crippen molar-refractivity contribution < 1.29 is 9.90 Å². The molecule has 0 bridgehead atoms. The number of hydrogen-bond donors (Lipinski definition) is 1. The molecule has 0 fully saturated rings. The Hall–Kier alpha value is -2.55. The van der Waals surface area contributed by atoms with E-state index in [9.17, 15) is 4.79 Å². The van der Waals surface area contributed by atoms with E-state index in [0.717, 1.165) is 0 Å². The summed E-state index contributed by atoms with van der Waals surface area (Å²) in [5, 5.41) is 21.3. The van der Waals surface area contributed by atoms with Gasteiger partial charge in [0.2, 0.25) is 0 Å². The second-order valence-electron chi connectivity index (χ2n) is 3.49. The Balaban J connectivity index is 1.92. The molecule has 3 aromatic heterocycles. The quantitative estimate of drug-likeness (QED) is 0.746. The van der Waals surface area contributed by atoms with Gasteiger partial charge in [0.1, 0.15) is 10.1 Å². The average Bonchev–Trinajstić information content (AvgIpc) is 2.89. The van der Waals surface area contributed by atoms with Gasteiger partial charge in [0.15, 0.2) is 5.65 Å². The molecule has 0 spiro atoms. The lowest BCUT2D eigenvalue weighted by molar-refractivity contribution is 0.0696. The van der Waals surface area contributed by atoms with Crippen LogP contribution in [0, 0.1) is 0 Å². The first-order valence-corrected chi connectivity index (χ1v) is 5.95. The van der Waals surface area contributed by atoms with Crippen molar-refractivity contribution in [2.45, 2.75) is 10.1 Å². The maximum atomic E-state index is 10.7. The van der Waals surface area contributed by atoms with Gasteiger partial charge < -0.3 is 5.11 Å². The van der Waals surface area contributed by atoms with Crippen molar-refractivity contribution in [3.63, 3.8) is 0 Å². The molecule has 0 unspecified atom stereocenters. The Morgan fingerprint density at radius 3 is 2.89 bits per heavy atom. The molecular formula is C10H6N6O2S. The summed E-state index contributed by atoms with van der Waals surface area (Å²) in [7, 11) is 0. The first kappa shape index (κ1) is 11.5. The van der Waals surface area contributed by atoms with Crippen molar-refractivity contribution in [3.8, 4) is 0 Å². The monoisotopic (exact) mass is 274 g/mol. The van der Waals surface area contributed by atoms with Gasteiger partial charge in [-0.2, -0.15) is 4.52 Å². The van der Waals surface area contributed by atoms with Crippen LogP contribution in [-0.4, -0.2) is 41.1 Å². The number of rotatable bonds is 3. The van der Waals surface area contributed by atoms with Crippen LogP contribution in [0.1, 0.15) is 10.4 Å². The molecule has 0 saturated heterocycles. The Morgan fingerprint density at radius 2 is 2.16 bits per heavy atom. The van der Waals surface area contributed by atoms with Crippen LogP contribution in [0.2, 0.25) is 0 Å². The molecule has 0 aromatic carbocycles. The summed E-state index contributed by atoms with van der Waals surface area (Å²) in [6.07, 6.45) is 4.46. The molecule has 8 nitrogen and oxygen atoms in total. The number of carbonyl (C=O) groups is 1. The van der Waals surface area contributed by atoms with Crippen LogP contribution >= 0.6 is 11.8 Å². The van der Waals surface area contributed by atoms with Crippen LogP contribution in [-0.2, 0) is 0 Å². The van der Waals surface area contributed by atoms with Gasteiger partial charge >= 0.3 is 5.97 Å². The largest absolute Gasteiger partial charge is 0.478 e. The molecule has 0 aliphatic rings. The first-order chi connectivity index (χ1) is 9.24. The molecule has 0 aliphatic heterocycles. The topological polar surface area (TPSA) is 106 Å². The maximum Gasteiger partial charge on any atom is 0.337 e. The van der Waals surface area contributed by atoms with E-state index in [-0.39, 0.29) is 5.56 Å². The summed E-state index contributed by atoms with van der Waals surface area (Å²) in [4.78, 5) is 18.8. The molecule has 0 saturated carbocycles. The fourth-order valence-corrected chi connectivity index (χ4v) is 2.18. The SMILES string of the molecule is O=C(O)c1ccc(Sc2cncc3nnnn23)nc1. The molecule has 0 amide bonds. The minimum absolute atomic E-state index is 0.142. The number of tetrazole rings is 1. The highest BCUT2D eigenvalue weighted by atomic mass is 32.2. The molecule has 1 N–H and O–H groups in total. The second kappa shape index (κ2) is 4.61. The molecule has 3 aromatic rings. The number of carboxylic acid groups (broad SMARTS) is 1. The van der Waals surface area contributed by atoms with Crippen molar-refractivity contribution in [1.29, 1.82) is 0 Å². The van der Waals surface area contributed by atoms with Gasteiger partial charge in [-0.25, -0.2) is 9.78 Å². The van der Waals surface area contributed by atoms with Gasteiger partial charge in [-0.1, -0.05) is 0 Å². The average molecular weight is 274 g/mol. The summed E-state index contributed by atoms with van der Waals surface area (Å²) in [6, 6.07) is 3.11. The van der Waals surface area contributed by atoms with E-state index in [0.29, 0.717) is 15.7 Å². The van der Waals surface area contributed by atoms with E-state index in [1.54, 1.807) is 18.5 Å². The molecule has 94 valence electrons. The lowest BCUT2D eigenvalue weighted by atomic mass is 10.3. The Morgan fingerprint density at radius 1 is 1.26 bits per heavy atom. The zero-order valence-corrected chi connectivity index (χ0v) is 10.2. The molecule has 3 rings (SSSR count). The van der Waals surface area contributed by atoms with Crippen molar-refractivity contribution >= 4 is 23.4 Å². The molecule has 9 heteroatoms. The summed E-state index contributed by atoms with van der Waals surface area (Å²) in [6.45, 7) is 0. The predicted molar refractivity (Wildman–Crippen MR) is 63.9 cm³/mol. The zero-order valence-electron chi connectivity index (χ0n) is 9.33. The van der Waals surface area contributed by atoms with Gasteiger partial charge in [-0.05, 0) is 34.3 Å². The van der Waals surface area contributed by atoms with E-state index >= 15 is 0 Å². The lowest BCUT2D eigenvalue weighted by Gasteiger charge is -2.01. The molecular weight excluding hydrogens is 268 g/mol. The summed E-state index contributed by atoms with van der Waals surface area (Å²) in [5.41, 5.74) is 0.676. The standard InChI is InChI=1S/C10H6N6O2S/c17-10(18)6-1-2-8(12-3-6)19-9-5-11-4-7-13-14-15-16(7)9/h1-5H,(H,17,18). The van der Waals surface area contributed by atoms with E-state index in [4.69, 9.17) is 5.11 Å². The van der Waals surface area contributed by atoms with Crippen molar-refractivity contribution in [1.82, 2.24) is 30.0 Å². The van der Waals surface area contributed by atoms with Gasteiger partial charge in [-0.3, -0.25) is 4.98 Å². The normalized spacial score (nSPS) is 10.7. The molecule has 0 aliphatic carbocycles. The van der Waals surface area contributed by atoms with E-state index in [1.165, 1.54) is 28.5 Å². The van der Waals surface area contributed by atoms with E-state index in [2.05, 4.69) is 25.5 Å². The smallest absolute Gasteiger partial charge is 0.337 e. The van der Waals surface area contributed by atoms with Gasteiger partial charge in [0.05, 0.1) is 18.0 Å². The van der Waals surface area contributed by atoms with Crippen LogP contribution in [0.15, 0.2) is 40.8 Å². The summed E-state index contributed by atoms with van der Waals surface area (Å²) in [5.74, 6) is -1.01. The Bertz CT molecular complexity index is 741. The molecule has 19 heavy (non-hydrogen) atoms. The van der Waals surface area contributed by atoms with Crippen molar-refractivity contribution in [2.75, 3.05) is 0 Å². The van der Waals surface area contributed by atoms with Gasteiger partial charge in [0, 0.05) is 6.20 Å². The van der Waals surface area contributed by atoms with Crippen LogP contribution in [0.4, 0.5) is 0 Å². The van der Waals surface area contributed by atoms with Gasteiger partial charge in [0.25, 0.3) is 0 Å². The van der Waals surface area contributed by atoms with Crippen LogP contribution in [0.25, 0.3) is 5.65 Å². The summed E-state index contributed by atoms with van der Waals surface area (Å²) >= 11 is 1.30. The second-order valence-corrected chi connectivity index (χ2v) is 4.53. The lowest BCUT2D eigenvalue weighted by Crippen LogP contribution is -1.97. The minimum Gasteiger partial charge on any atom is -0.478 e. The number of hydrogen-bond acceptors (Lipinski definition) is 7. The van der Waals surface area contributed by atoms with E-state index < -0.39 is 5.97 Å². The maximum absolute atomic E-state index is 10.7. The number of pyridine rings is 1. The van der Waals surface area contributed by atoms with Crippen LogP contribution in [0.5, 0.6) is 0 Å².